The van der Waals surface area contributed by atoms with Crippen LogP contribution in [0.15, 0.2) is 35.5 Å². The Morgan fingerprint density at radius 3 is 2.64 bits per heavy atom. The number of nitrogens with one attached hydrogen (secondary N) is 1. The Morgan fingerprint density at radius 1 is 1.29 bits per heavy atom. The minimum absolute atomic E-state index is 0.566. The number of rotatable bonds is 7. The van der Waals surface area contributed by atoms with E-state index >= 15 is 0 Å². The third kappa shape index (κ3) is 4.98. The van der Waals surface area contributed by atoms with E-state index < -0.39 is 5.60 Å². The fourth-order valence-corrected chi connectivity index (χ4v) is 5.76. The quantitative estimate of drug-likeness (QED) is 0.674. The second kappa shape index (κ2) is 8.08. The highest BCUT2D eigenvalue weighted by Gasteiger charge is 2.49. The highest BCUT2D eigenvalue weighted by atomic mass is 16.3. The highest BCUT2D eigenvalue weighted by Crippen LogP contribution is 2.51. The smallest absolute Gasteiger partial charge is 0.0718 e. The van der Waals surface area contributed by atoms with Gasteiger partial charge in [-0.05, 0) is 95.2 Å². The monoisotopic (exact) mass is 384 g/mol. The number of β-amino-alcohol motifs (C(OH)–C–C–N with tert-alkyl or cyclic N) is 1. The first-order valence-corrected chi connectivity index (χ1v) is 11.6. The van der Waals surface area contributed by atoms with Gasteiger partial charge in [0, 0.05) is 18.6 Å². The summed E-state index contributed by atoms with van der Waals surface area (Å²) >= 11 is 0. The van der Waals surface area contributed by atoms with Crippen LogP contribution in [0, 0.1) is 11.3 Å². The third-order valence-corrected chi connectivity index (χ3v) is 7.39. The maximum absolute atomic E-state index is 10.0. The van der Waals surface area contributed by atoms with Crippen molar-refractivity contribution in [1.82, 2.24) is 10.2 Å². The predicted molar refractivity (Wildman–Crippen MR) is 117 cm³/mol. The number of hydrogen-bond acceptors (Lipinski definition) is 3. The van der Waals surface area contributed by atoms with Crippen LogP contribution in [0.3, 0.4) is 0 Å². The largest absolute Gasteiger partial charge is 0.389 e. The summed E-state index contributed by atoms with van der Waals surface area (Å²) in [5.41, 5.74) is 3.10. The van der Waals surface area contributed by atoms with E-state index in [2.05, 4.69) is 41.4 Å². The maximum Gasteiger partial charge on any atom is 0.0718 e. The number of nitrogens with zero attached hydrogens (tertiary/aromatic N) is 1. The van der Waals surface area contributed by atoms with Crippen molar-refractivity contribution in [2.45, 2.75) is 89.8 Å². The number of piperidine rings is 1. The van der Waals surface area contributed by atoms with Gasteiger partial charge in [0.1, 0.15) is 0 Å². The van der Waals surface area contributed by atoms with E-state index in [0.29, 0.717) is 5.41 Å². The maximum atomic E-state index is 10.0. The number of likely N-dealkylation sites (tertiary alicyclic amines) is 1. The van der Waals surface area contributed by atoms with Crippen LogP contribution >= 0.6 is 0 Å². The lowest BCUT2D eigenvalue weighted by Gasteiger charge is -2.53. The van der Waals surface area contributed by atoms with E-state index in [0.717, 1.165) is 37.6 Å². The van der Waals surface area contributed by atoms with Gasteiger partial charge >= 0.3 is 0 Å². The summed E-state index contributed by atoms with van der Waals surface area (Å²) in [5, 5.41) is 14.0. The minimum atomic E-state index is -0.566. The second-order valence-electron chi connectivity index (χ2n) is 10.6. The van der Waals surface area contributed by atoms with E-state index in [1.807, 2.05) is 13.8 Å². The molecule has 3 nitrogen and oxygen atoms in total. The molecule has 2 atom stereocenters. The normalized spacial score (nSPS) is 31.0. The van der Waals surface area contributed by atoms with Gasteiger partial charge in [-0.2, -0.15) is 0 Å². The van der Waals surface area contributed by atoms with Crippen LogP contribution in [-0.2, 0) is 0 Å². The minimum Gasteiger partial charge on any atom is -0.389 e. The average molecular weight is 385 g/mol. The van der Waals surface area contributed by atoms with Crippen molar-refractivity contribution in [2.75, 3.05) is 19.6 Å². The summed E-state index contributed by atoms with van der Waals surface area (Å²) in [5.74, 6) is 0.770. The Labute approximate surface area is 172 Å². The number of allylic oxidation sites excluding steroid dienone is 5. The summed E-state index contributed by atoms with van der Waals surface area (Å²) < 4.78 is 0. The van der Waals surface area contributed by atoms with Crippen molar-refractivity contribution < 1.29 is 5.11 Å². The van der Waals surface area contributed by atoms with Crippen molar-refractivity contribution >= 4 is 0 Å². The molecule has 0 bridgehead atoms. The van der Waals surface area contributed by atoms with Crippen LogP contribution in [0.5, 0.6) is 0 Å². The van der Waals surface area contributed by atoms with Gasteiger partial charge < -0.3 is 15.3 Å². The van der Waals surface area contributed by atoms with Crippen LogP contribution in [0.1, 0.15) is 72.1 Å². The lowest BCUT2D eigenvalue weighted by molar-refractivity contribution is -0.0256. The molecule has 0 aromatic carbocycles. The van der Waals surface area contributed by atoms with Crippen molar-refractivity contribution in [1.29, 1.82) is 0 Å². The van der Waals surface area contributed by atoms with Gasteiger partial charge in [0.15, 0.2) is 0 Å². The SMILES string of the molecule is CC/C(=C\C1=CCCC=C1)[C@@H]1C[C@H]1NC1CC2(CCN(CC(C)(C)O)CC2)C1. The lowest BCUT2D eigenvalue weighted by Crippen LogP contribution is -2.55. The summed E-state index contributed by atoms with van der Waals surface area (Å²) in [4.78, 5) is 2.45. The van der Waals surface area contributed by atoms with Gasteiger partial charge in [0.25, 0.3) is 0 Å². The lowest BCUT2D eigenvalue weighted by atomic mass is 9.60. The van der Waals surface area contributed by atoms with Gasteiger partial charge in [-0.15, -0.1) is 0 Å². The molecule has 3 fully saturated rings. The zero-order chi connectivity index (χ0) is 19.8. The van der Waals surface area contributed by atoms with Crippen LogP contribution in [0.4, 0.5) is 0 Å². The van der Waals surface area contributed by atoms with Gasteiger partial charge in [-0.3, -0.25) is 0 Å². The molecule has 0 aromatic rings. The molecule has 0 amide bonds. The molecule has 28 heavy (non-hydrogen) atoms. The van der Waals surface area contributed by atoms with Crippen LogP contribution in [0.25, 0.3) is 0 Å². The summed E-state index contributed by atoms with van der Waals surface area (Å²) in [6.45, 7) is 9.29. The summed E-state index contributed by atoms with van der Waals surface area (Å²) in [7, 11) is 0. The first-order chi connectivity index (χ1) is 13.4. The van der Waals surface area contributed by atoms with E-state index in [1.54, 1.807) is 5.57 Å². The van der Waals surface area contributed by atoms with Crippen LogP contribution in [0.2, 0.25) is 0 Å². The van der Waals surface area contributed by atoms with Gasteiger partial charge in [0.05, 0.1) is 5.60 Å². The fraction of sp³-hybridized carbons (Fsp3) is 0.760. The number of aliphatic hydroxyl groups is 1. The Bertz CT molecular complexity index is 638. The Balaban J connectivity index is 1.20. The zero-order valence-corrected chi connectivity index (χ0v) is 18.2. The molecule has 2 N–H and O–H groups in total. The van der Waals surface area contributed by atoms with Crippen molar-refractivity contribution in [2.24, 2.45) is 11.3 Å². The predicted octanol–water partition coefficient (Wildman–Crippen LogP) is 4.59. The first-order valence-electron chi connectivity index (χ1n) is 11.6. The van der Waals surface area contributed by atoms with E-state index in [1.165, 1.54) is 56.9 Å². The van der Waals surface area contributed by atoms with Crippen molar-refractivity contribution in [3.8, 4) is 0 Å². The first kappa shape index (κ1) is 20.4. The average Bonchev–Trinajstić information content (AvgIpc) is 3.39. The second-order valence-corrected chi connectivity index (χ2v) is 10.6. The molecule has 4 aliphatic rings. The molecule has 0 radical (unpaired) electrons. The van der Waals surface area contributed by atoms with E-state index in [9.17, 15) is 5.11 Å². The molecule has 3 aliphatic carbocycles. The Kier molecular flexibility index (Phi) is 5.88. The summed E-state index contributed by atoms with van der Waals surface area (Å²) in [6.07, 6.45) is 19.7. The zero-order valence-electron chi connectivity index (χ0n) is 18.2. The molecule has 1 saturated heterocycles. The fourth-order valence-electron chi connectivity index (χ4n) is 5.76. The highest BCUT2D eigenvalue weighted by molar-refractivity contribution is 5.37. The Morgan fingerprint density at radius 2 is 2.04 bits per heavy atom. The topological polar surface area (TPSA) is 35.5 Å². The van der Waals surface area contributed by atoms with E-state index in [-0.39, 0.29) is 0 Å². The van der Waals surface area contributed by atoms with Gasteiger partial charge in [-0.25, -0.2) is 0 Å². The molecule has 156 valence electrons. The van der Waals surface area contributed by atoms with Crippen molar-refractivity contribution in [3.05, 3.63) is 35.5 Å². The third-order valence-electron chi connectivity index (χ3n) is 7.39. The molecular formula is C25H40N2O. The molecule has 0 unspecified atom stereocenters. The van der Waals surface area contributed by atoms with E-state index in [4.69, 9.17) is 0 Å². The molecule has 3 heteroatoms. The molecule has 1 heterocycles. The Hall–Kier alpha value is -0.900. The molecule has 1 aliphatic heterocycles. The van der Waals surface area contributed by atoms with Crippen molar-refractivity contribution in [3.63, 3.8) is 0 Å². The molecular weight excluding hydrogens is 344 g/mol. The van der Waals surface area contributed by atoms with Gasteiger partial charge in [-0.1, -0.05) is 36.8 Å². The van der Waals surface area contributed by atoms with Crippen LogP contribution < -0.4 is 5.32 Å². The van der Waals surface area contributed by atoms with Gasteiger partial charge in [0.2, 0.25) is 0 Å². The molecule has 0 aromatic heterocycles. The number of hydrogen-bond donors (Lipinski definition) is 2. The van der Waals surface area contributed by atoms with Crippen LogP contribution in [-0.4, -0.2) is 47.3 Å². The summed E-state index contributed by atoms with van der Waals surface area (Å²) in [6, 6.07) is 1.46. The molecule has 2 saturated carbocycles. The molecule has 4 rings (SSSR count). The standard InChI is InChI=1S/C25H40N2O/c1-4-20(14-19-8-6-5-7-9-19)22-15-23(22)26-21-16-25(17-21)10-12-27(13-11-25)18-24(2,3)28/h6,8-9,14,21-23,26,28H,4-5,7,10-13,15-18H2,1-3H3/b20-14+/t22-,23+/m0/s1. The molecule has 1 spiro atoms.